The molecule has 0 aliphatic heterocycles. The molecule has 3 rings (SSSR count). The molecular formula is C17H19ClN2O. The van der Waals surface area contributed by atoms with Crippen LogP contribution < -0.4 is 5.32 Å². The van der Waals surface area contributed by atoms with E-state index in [0.29, 0.717) is 16.6 Å². The number of benzene rings is 1. The second-order valence-corrected chi connectivity index (χ2v) is 6.36. The molecule has 0 spiro atoms. The third-order valence-corrected chi connectivity index (χ3v) is 4.48. The van der Waals surface area contributed by atoms with E-state index >= 15 is 0 Å². The van der Waals surface area contributed by atoms with Crippen LogP contribution in [-0.4, -0.2) is 16.9 Å². The molecule has 1 aliphatic rings. The van der Waals surface area contributed by atoms with Gasteiger partial charge in [-0.3, -0.25) is 4.79 Å². The molecule has 3 nitrogen and oxygen atoms in total. The normalized spacial score (nSPS) is 22.2. The van der Waals surface area contributed by atoms with Crippen molar-refractivity contribution < 1.29 is 4.79 Å². The highest BCUT2D eigenvalue weighted by Gasteiger charge is 2.21. The van der Waals surface area contributed by atoms with Gasteiger partial charge >= 0.3 is 0 Å². The number of fused-ring (bicyclic) bond motifs is 1. The molecule has 21 heavy (non-hydrogen) atoms. The summed E-state index contributed by atoms with van der Waals surface area (Å²) in [5.41, 5.74) is 1.16. The number of nitrogens with zero attached hydrogens (tertiary/aromatic N) is 1. The first kappa shape index (κ1) is 14.3. The minimum atomic E-state index is -0.123. The van der Waals surface area contributed by atoms with Crippen LogP contribution in [0.15, 0.2) is 30.3 Å². The molecule has 110 valence electrons. The molecule has 1 aliphatic carbocycles. The van der Waals surface area contributed by atoms with Crippen molar-refractivity contribution in [2.75, 3.05) is 0 Å². The number of hydrogen-bond donors (Lipinski definition) is 1. The van der Waals surface area contributed by atoms with E-state index in [1.807, 2.05) is 24.3 Å². The number of carbonyl (C=O) groups excluding carboxylic acids is 1. The Morgan fingerprint density at radius 1 is 1.33 bits per heavy atom. The zero-order chi connectivity index (χ0) is 14.8. The first-order valence-electron chi connectivity index (χ1n) is 7.49. The van der Waals surface area contributed by atoms with Crippen LogP contribution in [0.4, 0.5) is 0 Å². The van der Waals surface area contributed by atoms with Crippen molar-refractivity contribution in [2.24, 2.45) is 5.92 Å². The second kappa shape index (κ2) is 6.02. The number of carbonyl (C=O) groups is 1. The minimum Gasteiger partial charge on any atom is -0.348 e. The van der Waals surface area contributed by atoms with Crippen LogP contribution in [0.25, 0.3) is 10.9 Å². The number of pyridine rings is 1. The maximum atomic E-state index is 12.4. The maximum absolute atomic E-state index is 12.4. The predicted octanol–water partition coefficient (Wildman–Crippen LogP) is 4.20. The summed E-state index contributed by atoms with van der Waals surface area (Å²) in [6.45, 7) is 2.24. The summed E-state index contributed by atoms with van der Waals surface area (Å²) in [4.78, 5) is 16.8. The molecule has 2 unspecified atom stereocenters. The van der Waals surface area contributed by atoms with Crippen molar-refractivity contribution in [3.05, 3.63) is 41.0 Å². The van der Waals surface area contributed by atoms with Crippen molar-refractivity contribution >= 4 is 28.4 Å². The summed E-state index contributed by atoms with van der Waals surface area (Å²) in [6, 6.07) is 9.52. The van der Waals surface area contributed by atoms with Crippen molar-refractivity contribution in [3.63, 3.8) is 0 Å². The average molecular weight is 303 g/mol. The van der Waals surface area contributed by atoms with Gasteiger partial charge < -0.3 is 5.32 Å². The zero-order valence-corrected chi connectivity index (χ0v) is 12.9. The van der Waals surface area contributed by atoms with Crippen LogP contribution in [0.5, 0.6) is 0 Å². The SMILES string of the molecule is CC1CCCC(NC(=O)c2cc(Cl)c3ccccc3n2)C1. The van der Waals surface area contributed by atoms with Crippen LogP contribution in [0.2, 0.25) is 5.02 Å². The van der Waals surface area contributed by atoms with Crippen LogP contribution in [-0.2, 0) is 0 Å². The van der Waals surface area contributed by atoms with E-state index in [0.717, 1.165) is 23.7 Å². The van der Waals surface area contributed by atoms with E-state index in [1.54, 1.807) is 6.07 Å². The van der Waals surface area contributed by atoms with Gasteiger partial charge in [0.1, 0.15) is 5.69 Å². The Hall–Kier alpha value is -1.61. The fourth-order valence-electron chi connectivity index (χ4n) is 3.07. The lowest BCUT2D eigenvalue weighted by atomic mass is 9.87. The molecule has 1 aromatic carbocycles. The van der Waals surface area contributed by atoms with Crippen molar-refractivity contribution in [2.45, 2.75) is 38.6 Å². The molecule has 1 amide bonds. The molecule has 0 saturated heterocycles. The second-order valence-electron chi connectivity index (χ2n) is 5.95. The Kier molecular flexibility index (Phi) is 4.11. The molecule has 4 heteroatoms. The highest BCUT2D eigenvalue weighted by Crippen LogP contribution is 2.25. The average Bonchev–Trinajstić information content (AvgIpc) is 2.47. The van der Waals surface area contributed by atoms with Gasteiger partial charge in [-0.1, -0.05) is 49.6 Å². The standard InChI is InChI=1S/C17H19ClN2O/c1-11-5-4-6-12(9-11)19-17(21)16-10-14(18)13-7-2-3-8-15(13)20-16/h2-3,7-8,10-12H,4-6,9H2,1H3,(H,19,21). The van der Waals surface area contributed by atoms with Gasteiger partial charge in [0.25, 0.3) is 5.91 Å². The lowest BCUT2D eigenvalue weighted by Gasteiger charge is -2.27. The van der Waals surface area contributed by atoms with E-state index in [1.165, 1.54) is 12.8 Å². The molecule has 0 bridgehead atoms. The van der Waals surface area contributed by atoms with Crippen molar-refractivity contribution in [1.82, 2.24) is 10.3 Å². The highest BCUT2D eigenvalue weighted by molar-refractivity contribution is 6.35. The number of hydrogen-bond acceptors (Lipinski definition) is 2. The number of rotatable bonds is 2. The lowest BCUT2D eigenvalue weighted by Crippen LogP contribution is -2.38. The van der Waals surface area contributed by atoms with Gasteiger partial charge in [-0.15, -0.1) is 0 Å². The fraction of sp³-hybridized carbons (Fsp3) is 0.412. The largest absolute Gasteiger partial charge is 0.348 e. The summed E-state index contributed by atoms with van der Waals surface area (Å²) in [6.07, 6.45) is 4.54. The summed E-state index contributed by atoms with van der Waals surface area (Å²) in [5.74, 6) is 0.555. The highest BCUT2D eigenvalue weighted by atomic mass is 35.5. The molecule has 2 atom stereocenters. The third-order valence-electron chi connectivity index (χ3n) is 4.17. The Balaban J connectivity index is 1.81. The lowest BCUT2D eigenvalue weighted by molar-refractivity contribution is 0.0916. The number of halogens is 1. The first-order chi connectivity index (χ1) is 10.1. The van der Waals surface area contributed by atoms with Crippen molar-refractivity contribution in [3.8, 4) is 0 Å². The van der Waals surface area contributed by atoms with Gasteiger partial charge in [0, 0.05) is 11.4 Å². The third kappa shape index (κ3) is 3.18. The number of amides is 1. The Bertz CT molecular complexity index is 671. The van der Waals surface area contributed by atoms with Crippen LogP contribution in [0.3, 0.4) is 0 Å². The molecule has 1 heterocycles. The van der Waals surface area contributed by atoms with E-state index in [2.05, 4.69) is 17.2 Å². The minimum absolute atomic E-state index is 0.123. The van der Waals surface area contributed by atoms with Gasteiger partial charge in [0.05, 0.1) is 10.5 Å². The number of aromatic nitrogens is 1. The molecular weight excluding hydrogens is 284 g/mol. The molecule has 1 fully saturated rings. The van der Waals surface area contributed by atoms with E-state index in [4.69, 9.17) is 11.6 Å². The molecule has 0 radical (unpaired) electrons. The van der Waals surface area contributed by atoms with E-state index in [9.17, 15) is 4.79 Å². The van der Waals surface area contributed by atoms with Crippen LogP contribution in [0.1, 0.15) is 43.1 Å². The van der Waals surface area contributed by atoms with Gasteiger partial charge in [0.2, 0.25) is 0 Å². The summed E-state index contributed by atoms with van der Waals surface area (Å²) in [5, 5.41) is 4.55. The summed E-state index contributed by atoms with van der Waals surface area (Å²) in [7, 11) is 0. The first-order valence-corrected chi connectivity index (χ1v) is 7.87. The summed E-state index contributed by atoms with van der Waals surface area (Å²) >= 11 is 6.25. The molecule has 1 aromatic heterocycles. The molecule has 2 aromatic rings. The zero-order valence-electron chi connectivity index (χ0n) is 12.1. The van der Waals surface area contributed by atoms with E-state index < -0.39 is 0 Å². The number of para-hydroxylation sites is 1. The van der Waals surface area contributed by atoms with Gasteiger partial charge in [-0.05, 0) is 30.9 Å². The Labute approximate surface area is 129 Å². The number of nitrogens with one attached hydrogen (secondary N) is 1. The predicted molar refractivity (Wildman–Crippen MR) is 85.6 cm³/mol. The molecule has 1 N–H and O–H groups in total. The smallest absolute Gasteiger partial charge is 0.270 e. The van der Waals surface area contributed by atoms with Gasteiger partial charge in [0.15, 0.2) is 0 Å². The molecule has 1 saturated carbocycles. The van der Waals surface area contributed by atoms with Gasteiger partial charge in [-0.25, -0.2) is 4.98 Å². The topological polar surface area (TPSA) is 42.0 Å². The van der Waals surface area contributed by atoms with E-state index in [-0.39, 0.29) is 11.9 Å². The fourth-order valence-corrected chi connectivity index (χ4v) is 3.34. The van der Waals surface area contributed by atoms with Gasteiger partial charge in [-0.2, -0.15) is 0 Å². The Morgan fingerprint density at radius 3 is 2.95 bits per heavy atom. The quantitative estimate of drug-likeness (QED) is 0.903. The Morgan fingerprint density at radius 2 is 2.14 bits per heavy atom. The van der Waals surface area contributed by atoms with Crippen molar-refractivity contribution in [1.29, 1.82) is 0 Å². The summed E-state index contributed by atoms with van der Waals surface area (Å²) < 4.78 is 0. The van der Waals surface area contributed by atoms with Crippen LogP contribution >= 0.6 is 11.6 Å². The maximum Gasteiger partial charge on any atom is 0.270 e. The monoisotopic (exact) mass is 302 g/mol. The van der Waals surface area contributed by atoms with Crippen LogP contribution in [0, 0.1) is 5.92 Å².